The fourth-order valence-electron chi connectivity index (χ4n) is 2.01. The molecule has 6 nitrogen and oxygen atoms in total. The van der Waals surface area contributed by atoms with Crippen LogP contribution in [-0.2, 0) is 0 Å². The topological polar surface area (TPSA) is 87.1 Å². The lowest BCUT2D eigenvalue weighted by Gasteiger charge is -2.05. The Kier molecular flexibility index (Phi) is 4.59. The van der Waals surface area contributed by atoms with Crippen molar-refractivity contribution in [1.29, 1.82) is 0 Å². The number of benzene rings is 1. The largest absolute Gasteiger partial charge is 0.451 e. The molecule has 3 N–H and O–H groups in total. The first-order valence-corrected chi connectivity index (χ1v) is 7.59. The molecule has 1 aromatic carbocycles. The van der Waals surface area contributed by atoms with Crippen LogP contribution in [0.5, 0.6) is 0 Å². The van der Waals surface area contributed by atoms with E-state index < -0.39 is 11.8 Å². The summed E-state index contributed by atoms with van der Waals surface area (Å²) in [6.07, 6.45) is 1.60. The Bertz CT molecular complexity index is 888. The predicted octanol–water partition coefficient (Wildman–Crippen LogP) is 3.66. The van der Waals surface area contributed by atoms with E-state index in [0.717, 1.165) is 0 Å². The fourth-order valence-corrected chi connectivity index (χ4v) is 2.39. The van der Waals surface area contributed by atoms with Crippen molar-refractivity contribution in [3.05, 3.63) is 70.2 Å². The molecule has 0 aliphatic heterocycles. The molecule has 0 aliphatic carbocycles. The van der Waals surface area contributed by atoms with E-state index in [-0.39, 0.29) is 5.76 Å². The molecule has 24 heavy (non-hydrogen) atoms. The highest BCUT2D eigenvalue weighted by atomic mass is 35.5. The summed E-state index contributed by atoms with van der Waals surface area (Å²) in [5.41, 5.74) is 5.43. The fraction of sp³-hybridized carbons (Fsp3) is 0. The van der Waals surface area contributed by atoms with Gasteiger partial charge in [-0.15, -0.1) is 0 Å². The number of H-pyrrole nitrogens is 1. The van der Waals surface area contributed by atoms with Crippen LogP contribution in [0.3, 0.4) is 0 Å². The lowest BCUT2D eigenvalue weighted by atomic mass is 10.2. The van der Waals surface area contributed by atoms with Gasteiger partial charge < -0.3 is 9.40 Å². The highest BCUT2D eigenvalue weighted by Crippen LogP contribution is 2.31. The standard InChI is InChI=1S/C16H11Cl2N3O3/c17-9-3-4-11(18)10(8-9)13-5-6-14(24-13)16(23)21-20-15(22)12-2-1-7-19-12/h1-8,19H,(H,20,22)(H,21,23). The normalized spacial score (nSPS) is 10.4. The summed E-state index contributed by atoms with van der Waals surface area (Å²) >= 11 is 12.0. The van der Waals surface area contributed by atoms with Crippen LogP contribution in [0.15, 0.2) is 53.1 Å². The molecule has 0 aliphatic rings. The quantitative estimate of drug-likeness (QED) is 0.620. The average molecular weight is 364 g/mol. The van der Waals surface area contributed by atoms with Gasteiger partial charge in [0, 0.05) is 16.8 Å². The van der Waals surface area contributed by atoms with Crippen molar-refractivity contribution in [2.45, 2.75) is 0 Å². The highest BCUT2D eigenvalue weighted by Gasteiger charge is 2.15. The Balaban J connectivity index is 1.70. The number of nitrogens with one attached hydrogen (secondary N) is 3. The molecule has 0 radical (unpaired) electrons. The molecule has 122 valence electrons. The molecule has 0 atom stereocenters. The summed E-state index contributed by atoms with van der Waals surface area (Å²) in [5.74, 6) is -0.659. The molecule has 3 aromatic rings. The monoisotopic (exact) mass is 363 g/mol. The third kappa shape index (κ3) is 3.45. The van der Waals surface area contributed by atoms with Crippen LogP contribution in [0.2, 0.25) is 10.0 Å². The summed E-state index contributed by atoms with van der Waals surface area (Å²) in [6.45, 7) is 0. The Morgan fingerprint density at radius 2 is 1.79 bits per heavy atom. The molecule has 2 amide bonds. The molecule has 2 heterocycles. The molecule has 0 saturated carbocycles. The number of rotatable bonds is 3. The minimum absolute atomic E-state index is 0.0211. The number of carbonyl (C=O) groups excluding carboxylic acids is 2. The zero-order valence-electron chi connectivity index (χ0n) is 12.1. The van der Waals surface area contributed by atoms with E-state index in [4.69, 9.17) is 27.6 Å². The smallest absolute Gasteiger partial charge is 0.305 e. The first-order valence-electron chi connectivity index (χ1n) is 6.84. The van der Waals surface area contributed by atoms with E-state index in [9.17, 15) is 9.59 Å². The van der Waals surface area contributed by atoms with Gasteiger partial charge in [0.25, 0.3) is 5.91 Å². The van der Waals surface area contributed by atoms with Crippen molar-refractivity contribution in [2.75, 3.05) is 0 Å². The summed E-state index contributed by atoms with van der Waals surface area (Å²) in [4.78, 5) is 26.5. The maximum Gasteiger partial charge on any atom is 0.305 e. The maximum absolute atomic E-state index is 12.0. The molecule has 2 aromatic heterocycles. The first kappa shape index (κ1) is 16.2. The van der Waals surface area contributed by atoms with Gasteiger partial charge in [-0.05, 0) is 42.5 Å². The second-order valence-corrected chi connectivity index (χ2v) is 5.62. The third-order valence-electron chi connectivity index (χ3n) is 3.16. The summed E-state index contributed by atoms with van der Waals surface area (Å²) in [7, 11) is 0. The highest BCUT2D eigenvalue weighted by molar-refractivity contribution is 6.35. The summed E-state index contributed by atoms with van der Waals surface area (Å²) < 4.78 is 5.48. The van der Waals surface area contributed by atoms with E-state index in [1.165, 1.54) is 6.07 Å². The first-order chi connectivity index (χ1) is 11.5. The van der Waals surface area contributed by atoms with Crippen LogP contribution in [-0.4, -0.2) is 16.8 Å². The van der Waals surface area contributed by atoms with E-state index in [1.807, 2.05) is 0 Å². The van der Waals surface area contributed by atoms with Gasteiger partial charge in [0.15, 0.2) is 5.76 Å². The Morgan fingerprint density at radius 3 is 2.54 bits per heavy atom. The molecule has 0 unspecified atom stereocenters. The van der Waals surface area contributed by atoms with Crippen LogP contribution >= 0.6 is 23.2 Å². The number of aromatic amines is 1. The second kappa shape index (κ2) is 6.82. The van der Waals surface area contributed by atoms with Gasteiger partial charge >= 0.3 is 5.91 Å². The minimum Gasteiger partial charge on any atom is -0.451 e. The molecule has 3 rings (SSSR count). The zero-order chi connectivity index (χ0) is 17.1. The Labute approximate surface area is 146 Å². The molecular weight excluding hydrogens is 353 g/mol. The number of hydrogen-bond donors (Lipinski definition) is 3. The number of aromatic nitrogens is 1. The van der Waals surface area contributed by atoms with Gasteiger partial charge in [-0.2, -0.15) is 0 Å². The van der Waals surface area contributed by atoms with Crippen molar-refractivity contribution in [3.63, 3.8) is 0 Å². The summed E-state index contributed by atoms with van der Waals surface area (Å²) in [6, 6.07) is 11.2. The molecule has 0 bridgehead atoms. The van der Waals surface area contributed by atoms with Crippen molar-refractivity contribution >= 4 is 35.0 Å². The Morgan fingerprint density at radius 1 is 1.00 bits per heavy atom. The van der Waals surface area contributed by atoms with Crippen molar-refractivity contribution < 1.29 is 14.0 Å². The van der Waals surface area contributed by atoms with E-state index in [2.05, 4.69) is 15.8 Å². The molecule has 8 heteroatoms. The molecular formula is C16H11Cl2N3O3. The van der Waals surface area contributed by atoms with Crippen molar-refractivity contribution in [2.24, 2.45) is 0 Å². The van der Waals surface area contributed by atoms with Crippen LogP contribution in [0, 0.1) is 0 Å². The third-order valence-corrected chi connectivity index (χ3v) is 3.72. The lowest BCUT2D eigenvalue weighted by molar-refractivity contribution is 0.0829. The van der Waals surface area contributed by atoms with E-state index in [0.29, 0.717) is 27.1 Å². The zero-order valence-corrected chi connectivity index (χ0v) is 13.6. The number of halogens is 2. The lowest BCUT2D eigenvalue weighted by Crippen LogP contribution is -2.41. The second-order valence-electron chi connectivity index (χ2n) is 4.78. The van der Waals surface area contributed by atoms with Gasteiger partial charge in [0.2, 0.25) is 0 Å². The minimum atomic E-state index is -0.598. The van der Waals surface area contributed by atoms with Crippen LogP contribution in [0.25, 0.3) is 11.3 Å². The number of hydrogen-bond acceptors (Lipinski definition) is 3. The summed E-state index contributed by atoms with van der Waals surface area (Å²) in [5, 5.41) is 0.941. The van der Waals surface area contributed by atoms with Crippen LogP contribution in [0.1, 0.15) is 21.0 Å². The van der Waals surface area contributed by atoms with Crippen molar-refractivity contribution in [1.82, 2.24) is 15.8 Å². The van der Waals surface area contributed by atoms with E-state index >= 15 is 0 Å². The molecule has 0 saturated heterocycles. The number of hydrazine groups is 1. The average Bonchev–Trinajstić information content (AvgIpc) is 3.26. The molecule has 0 fully saturated rings. The number of amides is 2. The van der Waals surface area contributed by atoms with Gasteiger partial charge in [-0.3, -0.25) is 20.4 Å². The SMILES string of the molecule is O=C(NNC(=O)c1ccc(-c2cc(Cl)ccc2Cl)o1)c1ccc[nH]1. The number of furan rings is 1. The van der Waals surface area contributed by atoms with Gasteiger partial charge in [-0.25, -0.2) is 0 Å². The van der Waals surface area contributed by atoms with E-state index in [1.54, 1.807) is 42.6 Å². The van der Waals surface area contributed by atoms with Gasteiger partial charge in [0.05, 0.1) is 5.02 Å². The van der Waals surface area contributed by atoms with Gasteiger partial charge in [-0.1, -0.05) is 23.2 Å². The maximum atomic E-state index is 12.0. The van der Waals surface area contributed by atoms with Crippen LogP contribution in [0.4, 0.5) is 0 Å². The van der Waals surface area contributed by atoms with Gasteiger partial charge in [0.1, 0.15) is 11.5 Å². The van der Waals surface area contributed by atoms with Crippen LogP contribution < -0.4 is 10.9 Å². The number of carbonyl (C=O) groups is 2. The Hall–Kier alpha value is -2.70. The molecule has 0 spiro atoms. The van der Waals surface area contributed by atoms with Crippen molar-refractivity contribution in [3.8, 4) is 11.3 Å². The predicted molar refractivity (Wildman–Crippen MR) is 89.9 cm³/mol.